The number of nitrogens with one attached hydrogen (secondary N) is 3. The van der Waals surface area contributed by atoms with Crippen LogP contribution in [0.3, 0.4) is 0 Å². The normalized spacial score (nSPS) is 14.3. The standard InChI is InChI=1S/C24H27N5O3/c1-28-10-12-29(13-11-28)21-9-5-2-6-17(21)14-26-22(30)16-27-24(32)19-15-25-20-8-4-3-7-18(20)23(19)31/h2-9,15H,10-14,16H2,1H3,(H,25,31)(H,26,30)(H,27,32). The number of carbonyl (C=O) groups is 2. The van der Waals surface area contributed by atoms with Gasteiger partial charge in [0.05, 0.1) is 6.54 Å². The van der Waals surface area contributed by atoms with Crippen molar-refractivity contribution in [2.45, 2.75) is 6.54 Å². The molecule has 2 aromatic carbocycles. The SMILES string of the molecule is CN1CCN(c2ccccc2CNC(=O)CNC(=O)c2c[nH]c3ccccc3c2=O)CC1. The van der Waals surface area contributed by atoms with Crippen LogP contribution in [0.1, 0.15) is 15.9 Å². The molecule has 3 aromatic rings. The van der Waals surface area contributed by atoms with Gasteiger partial charge in [0, 0.05) is 55.5 Å². The summed E-state index contributed by atoms with van der Waals surface area (Å²) in [6.45, 7) is 4.05. The van der Waals surface area contributed by atoms with Gasteiger partial charge in [-0.2, -0.15) is 0 Å². The molecule has 1 saturated heterocycles. The van der Waals surface area contributed by atoms with Gasteiger partial charge in [0.2, 0.25) is 11.3 Å². The molecule has 0 saturated carbocycles. The van der Waals surface area contributed by atoms with Crippen molar-refractivity contribution >= 4 is 28.4 Å². The highest BCUT2D eigenvalue weighted by atomic mass is 16.2. The van der Waals surface area contributed by atoms with Crippen molar-refractivity contribution in [2.75, 3.05) is 44.7 Å². The van der Waals surface area contributed by atoms with Gasteiger partial charge >= 0.3 is 0 Å². The molecule has 0 unspecified atom stereocenters. The average Bonchev–Trinajstić information content (AvgIpc) is 2.82. The van der Waals surface area contributed by atoms with E-state index in [1.165, 1.54) is 6.20 Å². The fourth-order valence-corrected chi connectivity index (χ4v) is 3.86. The number of fused-ring (bicyclic) bond motifs is 1. The smallest absolute Gasteiger partial charge is 0.257 e. The number of nitrogens with zero attached hydrogens (tertiary/aromatic N) is 2. The highest BCUT2D eigenvalue weighted by Crippen LogP contribution is 2.21. The minimum Gasteiger partial charge on any atom is -0.369 e. The van der Waals surface area contributed by atoms with Crippen molar-refractivity contribution in [1.29, 1.82) is 0 Å². The Bertz CT molecular complexity index is 1180. The summed E-state index contributed by atoms with van der Waals surface area (Å²) in [5.74, 6) is -0.895. The van der Waals surface area contributed by atoms with E-state index in [0.29, 0.717) is 17.4 Å². The molecule has 1 aliphatic heterocycles. The third-order valence-electron chi connectivity index (χ3n) is 5.75. The van der Waals surface area contributed by atoms with Gasteiger partial charge in [-0.05, 0) is 30.8 Å². The number of anilines is 1. The van der Waals surface area contributed by atoms with Crippen LogP contribution in [0.4, 0.5) is 5.69 Å². The van der Waals surface area contributed by atoms with Crippen molar-refractivity contribution in [3.8, 4) is 0 Å². The number of carbonyl (C=O) groups excluding carboxylic acids is 2. The van der Waals surface area contributed by atoms with Crippen LogP contribution in [0.25, 0.3) is 10.9 Å². The van der Waals surface area contributed by atoms with Crippen LogP contribution in [0.5, 0.6) is 0 Å². The fourth-order valence-electron chi connectivity index (χ4n) is 3.86. The van der Waals surface area contributed by atoms with Crippen LogP contribution >= 0.6 is 0 Å². The maximum absolute atomic E-state index is 12.5. The molecule has 2 amide bonds. The van der Waals surface area contributed by atoms with Gasteiger partial charge in [-0.1, -0.05) is 30.3 Å². The second-order valence-corrected chi connectivity index (χ2v) is 7.96. The van der Waals surface area contributed by atoms with Crippen LogP contribution in [0.2, 0.25) is 0 Å². The van der Waals surface area contributed by atoms with E-state index >= 15 is 0 Å². The third-order valence-corrected chi connectivity index (χ3v) is 5.75. The van der Waals surface area contributed by atoms with Gasteiger partial charge in [-0.25, -0.2) is 0 Å². The Morgan fingerprint density at radius 3 is 2.50 bits per heavy atom. The van der Waals surface area contributed by atoms with Crippen molar-refractivity contribution in [2.24, 2.45) is 0 Å². The third kappa shape index (κ3) is 4.81. The van der Waals surface area contributed by atoms with Crippen LogP contribution in [-0.4, -0.2) is 61.5 Å². The molecule has 0 bridgehead atoms. The summed E-state index contributed by atoms with van der Waals surface area (Å²) in [7, 11) is 2.11. The molecule has 3 N–H and O–H groups in total. The molecule has 0 atom stereocenters. The van der Waals surface area contributed by atoms with Crippen molar-refractivity contribution < 1.29 is 9.59 Å². The number of amides is 2. The Kier molecular flexibility index (Phi) is 6.51. The van der Waals surface area contributed by atoms with Crippen molar-refractivity contribution in [3.63, 3.8) is 0 Å². The van der Waals surface area contributed by atoms with Gasteiger partial charge < -0.3 is 25.4 Å². The zero-order valence-corrected chi connectivity index (χ0v) is 18.1. The Hall–Kier alpha value is -3.65. The first-order valence-electron chi connectivity index (χ1n) is 10.7. The van der Waals surface area contributed by atoms with Crippen LogP contribution < -0.4 is 21.0 Å². The second-order valence-electron chi connectivity index (χ2n) is 7.96. The quantitative estimate of drug-likeness (QED) is 0.545. The number of rotatable bonds is 6. The number of likely N-dealkylation sites (N-methyl/N-ethyl adjacent to an activating group) is 1. The Morgan fingerprint density at radius 2 is 1.69 bits per heavy atom. The summed E-state index contributed by atoms with van der Waals surface area (Å²) in [6.07, 6.45) is 1.38. The molecule has 32 heavy (non-hydrogen) atoms. The average molecular weight is 434 g/mol. The van der Waals surface area contributed by atoms with E-state index in [9.17, 15) is 14.4 Å². The summed E-state index contributed by atoms with van der Waals surface area (Å²) in [5, 5.41) is 5.83. The molecule has 0 spiro atoms. The zero-order chi connectivity index (χ0) is 22.5. The zero-order valence-electron chi connectivity index (χ0n) is 18.1. The Morgan fingerprint density at radius 1 is 0.969 bits per heavy atom. The summed E-state index contributed by atoms with van der Waals surface area (Å²) >= 11 is 0. The minimum absolute atomic E-state index is 0.0167. The molecular formula is C24H27N5O3. The van der Waals surface area contributed by atoms with E-state index in [1.54, 1.807) is 18.2 Å². The molecule has 1 aliphatic rings. The van der Waals surface area contributed by atoms with Crippen LogP contribution in [-0.2, 0) is 11.3 Å². The molecule has 166 valence electrons. The number of hydrogen-bond acceptors (Lipinski definition) is 5. The minimum atomic E-state index is -0.579. The number of hydrogen-bond donors (Lipinski definition) is 3. The molecule has 2 heterocycles. The Labute approximate surface area is 186 Å². The van der Waals surface area contributed by atoms with Crippen LogP contribution in [0.15, 0.2) is 59.5 Å². The number of para-hydroxylation sites is 2. The Balaban J connectivity index is 1.34. The largest absolute Gasteiger partial charge is 0.369 e. The molecule has 4 rings (SSSR count). The lowest BCUT2D eigenvalue weighted by molar-refractivity contribution is -0.120. The molecule has 0 radical (unpaired) electrons. The predicted octanol–water partition coefficient (Wildman–Crippen LogP) is 1.33. The molecule has 1 aromatic heterocycles. The topological polar surface area (TPSA) is 97.5 Å². The number of benzene rings is 2. The monoisotopic (exact) mass is 433 g/mol. The van der Waals surface area contributed by atoms with E-state index in [4.69, 9.17) is 0 Å². The lowest BCUT2D eigenvalue weighted by atomic mass is 10.1. The number of H-pyrrole nitrogens is 1. The van der Waals surface area contributed by atoms with E-state index in [2.05, 4.69) is 38.5 Å². The fraction of sp³-hybridized carbons (Fsp3) is 0.292. The highest BCUT2D eigenvalue weighted by Gasteiger charge is 2.17. The summed E-state index contributed by atoms with van der Waals surface area (Å²) in [6, 6.07) is 15.0. The molecule has 8 heteroatoms. The van der Waals surface area contributed by atoms with Gasteiger partial charge in [0.25, 0.3) is 5.91 Å². The molecular weight excluding hydrogens is 406 g/mol. The molecule has 0 aliphatic carbocycles. The number of aromatic amines is 1. The number of aromatic nitrogens is 1. The maximum atomic E-state index is 12.5. The summed E-state index contributed by atoms with van der Waals surface area (Å²) < 4.78 is 0. The predicted molar refractivity (Wildman–Crippen MR) is 125 cm³/mol. The van der Waals surface area contributed by atoms with Crippen molar-refractivity contribution in [1.82, 2.24) is 20.5 Å². The van der Waals surface area contributed by atoms with E-state index < -0.39 is 5.91 Å². The molecule has 8 nitrogen and oxygen atoms in total. The van der Waals surface area contributed by atoms with Crippen LogP contribution in [0, 0.1) is 0 Å². The first-order valence-corrected chi connectivity index (χ1v) is 10.7. The van der Waals surface area contributed by atoms with Crippen molar-refractivity contribution in [3.05, 3.63) is 76.1 Å². The van der Waals surface area contributed by atoms with E-state index in [0.717, 1.165) is 37.4 Å². The van der Waals surface area contributed by atoms with Gasteiger partial charge in [0.15, 0.2) is 0 Å². The lowest BCUT2D eigenvalue weighted by Crippen LogP contribution is -2.45. The second kappa shape index (κ2) is 9.65. The lowest BCUT2D eigenvalue weighted by Gasteiger charge is -2.35. The maximum Gasteiger partial charge on any atom is 0.257 e. The number of piperazine rings is 1. The van der Waals surface area contributed by atoms with E-state index in [1.807, 2.05) is 24.3 Å². The first kappa shape index (κ1) is 21.6. The molecule has 1 fully saturated rings. The van der Waals surface area contributed by atoms with E-state index in [-0.39, 0.29) is 23.4 Å². The number of pyridine rings is 1. The van der Waals surface area contributed by atoms with Gasteiger partial charge in [0.1, 0.15) is 5.56 Å². The summed E-state index contributed by atoms with van der Waals surface area (Å²) in [4.78, 5) is 44.9. The highest BCUT2D eigenvalue weighted by molar-refractivity contribution is 5.98. The first-order chi connectivity index (χ1) is 15.5. The summed E-state index contributed by atoms with van der Waals surface area (Å²) in [5.41, 5.74) is 2.43. The van der Waals surface area contributed by atoms with Gasteiger partial charge in [-0.15, -0.1) is 0 Å². The van der Waals surface area contributed by atoms with Gasteiger partial charge in [-0.3, -0.25) is 14.4 Å².